The van der Waals surface area contributed by atoms with Crippen molar-refractivity contribution in [3.63, 3.8) is 0 Å². The minimum Gasteiger partial charge on any atom is -0.335 e. The fraction of sp³-hybridized carbons (Fsp3) is 0.533. The van der Waals surface area contributed by atoms with Crippen molar-refractivity contribution in [2.45, 2.75) is 51.6 Å². The lowest BCUT2D eigenvalue weighted by molar-refractivity contribution is -0.133. The average molecular weight is 231 g/mol. The molecule has 0 spiro atoms. The van der Waals surface area contributed by atoms with Gasteiger partial charge in [0.1, 0.15) is 0 Å². The zero-order valence-electron chi connectivity index (χ0n) is 10.9. The van der Waals surface area contributed by atoms with Crippen LogP contribution in [0, 0.1) is 0 Å². The highest BCUT2D eigenvalue weighted by atomic mass is 16.2. The molecule has 0 saturated carbocycles. The Balaban J connectivity index is 2.13. The molecule has 92 valence electrons. The first kappa shape index (κ1) is 12.2. The van der Waals surface area contributed by atoms with Crippen LogP contribution in [-0.2, 0) is 11.2 Å². The van der Waals surface area contributed by atoms with Gasteiger partial charge in [0, 0.05) is 18.0 Å². The first-order valence-corrected chi connectivity index (χ1v) is 6.34. The molecule has 1 amide bonds. The summed E-state index contributed by atoms with van der Waals surface area (Å²) >= 11 is 0. The standard InChI is InChI=1S/C15H21NO/c1-15(2,3)16-13(9-10-14(16)17)11-12-7-5-4-6-8-12/h4-8,13H,9-11H2,1-3H3/t13-/m0/s1. The van der Waals surface area contributed by atoms with Crippen LogP contribution in [0.1, 0.15) is 39.2 Å². The van der Waals surface area contributed by atoms with Crippen LogP contribution in [0.25, 0.3) is 0 Å². The van der Waals surface area contributed by atoms with Gasteiger partial charge in [0.25, 0.3) is 0 Å². The van der Waals surface area contributed by atoms with Gasteiger partial charge in [0.2, 0.25) is 5.91 Å². The van der Waals surface area contributed by atoms with E-state index in [9.17, 15) is 4.79 Å². The maximum absolute atomic E-state index is 11.9. The summed E-state index contributed by atoms with van der Waals surface area (Å²) in [7, 11) is 0. The van der Waals surface area contributed by atoms with Gasteiger partial charge in [-0.3, -0.25) is 4.79 Å². The first-order valence-electron chi connectivity index (χ1n) is 6.34. The lowest BCUT2D eigenvalue weighted by Crippen LogP contribution is -2.47. The van der Waals surface area contributed by atoms with E-state index in [1.807, 2.05) is 6.07 Å². The Hall–Kier alpha value is -1.31. The quantitative estimate of drug-likeness (QED) is 0.766. The average Bonchev–Trinajstić information content (AvgIpc) is 2.60. The molecule has 0 bridgehead atoms. The molecular formula is C15H21NO. The van der Waals surface area contributed by atoms with Gasteiger partial charge in [0.05, 0.1) is 0 Å². The van der Waals surface area contributed by atoms with Crippen LogP contribution in [-0.4, -0.2) is 22.4 Å². The summed E-state index contributed by atoms with van der Waals surface area (Å²) in [5.41, 5.74) is 1.26. The highest BCUT2D eigenvalue weighted by Crippen LogP contribution is 2.29. The molecule has 1 aliphatic heterocycles. The van der Waals surface area contributed by atoms with E-state index in [4.69, 9.17) is 0 Å². The molecule has 0 unspecified atom stereocenters. The number of rotatable bonds is 2. The molecule has 1 aliphatic rings. The number of carbonyl (C=O) groups is 1. The molecule has 1 fully saturated rings. The molecule has 1 aromatic rings. The van der Waals surface area contributed by atoms with E-state index in [0.717, 1.165) is 12.8 Å². The summed E-state index contributed by atoms with van der Waals surface area (Å²) in [5, 5.41) is 0. The monoisotopic (exact) mass is 231 g/mol. The summed E-state index contributed by atoms with van der Waals surface area (Å²) in [6.07, 6.45) is 2.67. The molecular weight excluding hydrogens is 210 g/mol. The van der Waals surface area contributed by atoms with Crippen molar-refractivity contribution in [1.82, 2.24) is 4.90 Å². The van der Waals surface area contributed by atoms with Gasteiger partial charge in [-0.15, -0.1) is 0 Å². The number of hydrogen-bond acceptors (Lipinski definition) is 1. The van der Waals surface area contributed by atoms with Crippen LogP contribution in [0.2, 0.25) is 0 Å². The molecule has 1 saturated heterocycles. The van der Waals surface area contributed by atoms with Crippen molar-refractivity contribution < 1.29 is 4.79 Å². The first-order chi connectivity index (χ1) is 7.98. The van der Waals surface area contributed by atoms with E-state index in [1.165, 1.54) is 5.56 Å². The van der Waals surface area contributed by atoms with Crippen LogP contribution in [0.15, 0.2) is 30.3 Å². The lowest BCUT2D eigenvalue weighted by Gasteiger charge is -2.37. The summed E-state index contributed by atoms with van der Waals surface area (Å²) in [5.74, 6) is 0.304. The van der Waals surface area contributed by atoms with Crippen molar-refractivity contribution in [3.8, 4) is 0 Å². The second kappa shape index (κ2) is 4.52. The minimum atomic E-state index is -0.0625. The maximum atomic E-state index is 11.9. The molecule has 0 N–H and O–H groups in total. The molecule has 2 heteroatoms. The van der Waals surface area contributed by atoms with E-state index < -0.39 is 0 Å². The molecule has 0 aromatic heterocycles. The van der Waals surface area contributed by atoms with E-state index in [-0.39, 0.29) is 5.54 Å². The second-order valence-corrected chi connectivity index (χ2v) is 5.82. The topological polar surface area (TPSA) is 20.3 Å². The summed E-state index contributed by atoms with van der Waals surface area (Å²) in [6, 6.07) is 10.8. The van der Waals surface area contributed by atoms with Gasteiger partial charge < -0.3 is 4.90 Å². The number of carbonyl (C=O) groups excluding carboxylic acids is 1. The molecule has 2 rings (SSSR count). The Labute approximate surface area is 104 Å². The number of amides is 1. The third-order valence-corrected chi connectivity index (χ3v) is 3.36. The second-order valence-electron chi connectivity index (χ2n) is 5.82. The highest BCUT2D eigenvalue weighted by Gasteiger charge is 2.37. The molecule has 0 radical (unpaired) electrons. The highest BCUT2D eigenvalue weighted by molar-refractivity contribution is 5.79. The predicted molar refractivity (Wildman–Crippen MR) is 69.8 cm³/mol. The van der Waals surface area contributed by atoms with Gasteiger partial charge in [-0.25, -0.2) is 0 Å². The van der Waals surface area contributed by atoms with Gasteiger partial charge in [0.15, 0.2) is 0 Å². The Morgan fingerprint density at radius 1 is 1.24 bits per heavy atom. The zero-order valence-corrected chi connectivity index (χ0v) is 10.9. The fourth-order valence-electron chi connectivity index (χ4n) is 2.74. The number of benzene rings is 1. The van der Waals surface area contributed by atoms with Gasteiger partial charge in [-0.2, -0.15) is 0 Å². The Morgan fingerprint density at radius 2 is 1.88 bits per heavy atom. The van der Waals surface area contributed by atoms with Gasteiger partial charge in [-0.05, 0) is 39.2 Å². The molecule has 1 atom stereocenters. The third kappa shape index (κ3) is 2.68. The number of nitrogens with zero attached hydrogens (tertiary/aromatic N) is 1. The predicted octanol–water partition coefficient (Wildman–Crippen LogP) is 3.02. The van der Waals surface area contributed by atoms with Gasteiger partial charge >= 0.3 is 0 Å². The number of hydrogen-bond donors (Lipinski definition) is 0. The van der Waals surface area contributed by atoms with Crippen LogP contribution in [0.5, 0.6) is 0 Å². The Kier molecular flexibility index (Phi) is 3.23. The fourth-order valence-corrected chi connectivity index (χ4v) is 2.74. The van der Waals surface area contributed by atoms with Crippen LogP contribution < -0.4 is 0 Å². The molecule has 2 nitrogen and oxygen atoms in total. The summed E-state index contributed by atoms with van der Waals surface area (Å²) in [4.78, 5) is 14.0. The van der Waals surface area contributed by atoms with Crippen molar-refractivity contribution in [3.05, 3.63) is 35.9 Å². The zero-order chi connectivity index (χ0) is 12.5. The minimum absolute atomic E-state index is 0.0625. The number of likely N-dealkylation sites (tertiary alicyclic amines) is 1. The van der Waals surface area contributed by atoms with E-state index in [0.29, 0.717) is 18.4 Å². The SMILES string of the molecule is CC(C)(C)N1C(=O)CC[C@H]1Cc1ccccc1. The maximum Gasteiger partial charge on any atom is 0.223 e. The molecule has 1 aromatic carbocycles. The molecule has 0 aliphatic carbocycles. The molecule has 1 heterocycles. The summed E-state index contributed by atoms with van der Waals surface area (Å²) < 4.78 is 0. The van der Waals surface area contributed by atoms with Crippen molar-refractivity contribution >= 4 is 5.91 Å². The van der Waals surface area contributed by atoms with Crippen molar-refractivity contribution in [1.29, 1.82) is 0 Å². The smallest absolute Gasteiger partial charge is 0.223 e. The summed E-state index contributed by atoms with van der Waals surface area (Å²) in [6.45, 7) is 6.36. The van der Waals surface area contributed by atoms with Crippen molar-refractivity contribution in [2.75, 3.05) is 0 Å². The van der Waals surface area contributed by atoms with Gasteiger partial charge in [-0.1, -0.05) is 30.3 Å². The van der Waals surface area contributed by atoms with E-state index in [1.54, 1.807) is 0 Å². The van der Waals surface area contributed by atoms with Crippen LogP contribution >= 0.6 is 0 Å². The lowest BCUT2D eigenvalue weighted by atomic mass is 9.99. The van der Waals surface area contributed by atoms with E-state index >= 15 is 0 Å². The van der Waals surface area contributed by atoms with E-state index in [2.05, 4.69) is 49.9 Å². The third-order valence-electron chi connectivity index (χ3n) is 3.36. The normalized spacial score (nSPS) is 21.0. The Bertz CT molecular complexity index is 391. The largest absolute Gasteiger partial charge is 0.335 e. The van der Waals surface area contributed by atoms with Crippen molar-refractivity contribution in [2.24, 2.45) is 0 Å². The van der Waals surface area contributed by atoms with Crippen LogP contribution in [0.3, 0.4) is 0 Å². The molecule has 17 heavy (non-hydrogen) atoms. The Morgan fingerprint density at radius 3 is 2.47 bits per heavy atom. The van der Waals surface area contributed by atoms with Crippen LogP contribution in [0.4, 0.5) is 0 Å².